The Morgan fingerprint density at radius 1 is 0.336 bits per heavy atom. The maximum absolute atomic E-state index is 5.22. The number of rotatable bonds is 0. The Hall–Kier alpha value is -10.4. The number of nitrogens with zero attached hydrogens (tertiary/aromatic N) is 21. The first-order valence-electron chi connectivity index (χ1n) is 44.7. The summed E-state index contributed by atoms with van der Waals surface area (Å²) in [6, 6.07) is 23.5. The highest BCUT2D eigenvalue weighted by Crippen LogP contribution is 2.31. The fraction of sp³-hybridized carbons (Fsp3) is 0.524. The molecular formula is C105H159N21O2S3. The van der Waals surface area contributed by atoms with Gasteiger partial charge in [-0.2, -0.15) is 20.4 Å². The lowest BCUT2D eigenvalue weighted by Crippen LogP contribution is -2.16. The molecule has 26 heteroatoms. The zero-order valence-electron chi connectivity index (χ0n) is 87.3. The Labute approximate surface area is 798 Å². The van der Waals surface area contributed by atoms with Gasteiger partial charge in [-0.3, -0.25) is 24.6 Å². The SMILES string of the molecule is CC(C)(C)C1=CCC=N1.CC(C)(C)c1ccc2occc2n1.CC(C)(C)c1ccccn1.CC(C)(C)c1cccnn1.CC(C)(C)c1cnccn1.CC(C)(C)c1nc2ccccn2n1.CC(C)(C)c1ncccn1.CC(C)(C)c1ncco1.CC(C)(C)c1nccs1.CC(C)(C)c1nccs1.CC(C)(C)c1nccs1.Cn1ccnc1C(C)(C)C.Cn1cnc(C(C)(C)C)n1. The smallest absolute Gasteiger partial charge is 0.199 e. The quantitative estimate of drug-likeness (QED) is 0.136. The third-order valence-corrected chi connectivity index (χ3v) is 21.4. The summed E-state index contributed by atoms with van der Waals surface area (Å²) in [5.74, 6) is 4.61. The van der Waals surface area contributed by atoms with Crippen molar-refractivity contribution in [1.29, 1.82) is 0 Å². The number of aryl methyl sites for hydroxylation is 2. The minimum Gasteiger partial charge on any atom is -0.463 e. The molecule has 1 aliphatic rings. The number of allylic oxidation sites excluding steroid dienone is 2. The number of thiazole rings is 3. The van der Waals surface area contributed by atoms with E-state index in [1.54, 1.807) is 105 Å². The summed E-state index contributed by atoms with van der Waals surface area (Å²) in [5, 5.41) is 26.1. The zero-order chi connectivity index (χ0) is 99.5. The van der Waals surface area contributed by atoms with E-state index in [4.69, 9.17) is 8.83 Å². The molecule has 1 aliphatic heterocycles. The highest BCUT2D eigenvalue weighted by Gasteiger charge is 2.25. The van der Waals surface area contributed by atoms with Crippen molar-refractivity contribution in [2.24, 2.45) is 24.5 Å². The normalized spacial score (nSPS) is 12.3. The average Bonchev–Trinajstić information content (AvgIpc) is 1.72. The van der Waals surface area contributed by atoms with Crippen LogP contribution in [0.2, 0.25) is 0 Å². The number of furan rings is 1. The van der Waals surface area contributed by atoms with Crippen LogP contribution in [0.4, 0.5) is 0 Å². The van der Waals surface area contributed by atoms with Crippen LogP contribution in [0.3, 0.4) is 0 Å². The van der Waals surface area contributed by atoms with E-state index in [2.05, 4.69) is 377 Å². The highest BCUT2D eigenvalue weighted by atomic mass is 32.1. The summed E-state index contributed by atoms with van der Waals surface area (Å²) >= 11 is 5.16. The lowest BCUT2D eigenvalue weighted by atomic mass is 9.91. The van der Waals surface area contributed by atoms with E-state index in [1.165, 1.54) is 20.7 Å². The third kappa shape index (κ3) is 45.0. The minimum atomic E-state index is 0.0199. The summed E-state index contributed by atoms with van der Waals surface area (Å²) in [6.45, 7) is 83.4. The fourth-order valence-electron chi connectivity index (χ4n) is 10.3. The van der Waals surface area contributed by atoms with Gasteiger partial charge in [0, 0.05) is 217 Å². The maximum atomic E-state index is 5.22. The average molecular weight is 1840 g/mol. The van der Waals surface area contributed by atoms with Crippen LogP contribution in [0.15, 0.2) is 220 Å². The molecular weight excluding hydrogens is 1680 g/mol. The molecule has 0 atom stereocenters. The number of imidazole rings is 1. The standard InChI is InChI=1S/C11H13NO.C10H13N3.C9H13N.C8H14N2.3C8H12N2.C8H13N.C7H13N3.C7H11NO.3C7H11NS/c1-11(2,3)10-5-4-9-8(12-10)6-7-13-9;1-10(2,3)9-11-8-6-4-5-7-13(8)12-9;1-9(2,3)8-6-4-5-7-10-8;1-8(2,3)7-9-5-6-10(7)4;1-8(2,3)7-6-9-4-5-10-7;1-8(2,3)7-9-5-4-6-10-7;1-8(2,3)7-5-4-6-9-10-7;1-8(2,3)7-5-4-6-9-7;1-7(2,3)6-8-5-10(4)9-6;4*1-7(2,3)6-8-4-5-9-6/h2*4-7H,1-3H3;4-7H,1-3H3;5-6H,1-4H3;3*4-6H,1-3H3;5-6H,4H2,1-3H3;5H,1-4H3;4*4-5H,1-3H3. The van der Waals surface area contributed by atoms with E-state index >= 15 is 0 Å². The van der Waals surface area contributed by atoms with Gasteiger partial charge >= 0.3 is 0 Å². The van der Waals surface area contributed by atoms with Crippen molar-refractivity contribution in [1.82, 2.24) is 99.0 Å². The van der Waals surface area contributed by atoms with E-state index < -0.39 is 0 Å². The van der Waals surface area contributed by atoms with E-state index in [0.717, 1.165) is 75.1 Å². The molecule has 15 rings (SSSR count). The van der Waals surface area contributed by atoms with Crippen LogP contribution in [-0.4, -0.2) is 105 Å². The highest BCUT2D eigenvalue weighted by molar-refractivity contribution is 7.10. The van der Waals surface area contributed by atoms with Crippen LogP contribution >= 0.6 is 34.0 Å². The molecule has 0 spiro atoms. The number of aromatic nitrogens is 20. The van der Waals surface area contributed by atoms with Gasteiger partial charge in [0.15, 0.2) is 28.8 Å². The van der Waals surface area contributed by atoms with Crippen molar-refractivity contribution < 1.29 is 8.83 Å². The fourth-order valence-corrected chi connectivity index (χ4v) is 12.5. The topological polar surface area (TPSA) is 272 Å². The molecule has 14 aromatic rings. The summed E-state index contributed by atoms with van der Waals surface area (Å²) in [5.41, 5.74) is 10.1. The first kappa shape index (κ1) is 115. The largest absolute Gasteiger partial charge is 0.463 e. The molecule has 23 nitrogen and oxygen atoms in total. The first-order valence-corrected chi connectivity index (χ1v) is 47.3. The van der Waals surface area contributed by atoms with Crippen LogP contribution in [0.25, 0.3) is 16.7 Å². The molecule has 0 bridgehead atoms. The van der Waals surface area contributed by atoms with Gasteiger partial charge in [-0.15, -0.1) is 34.0 Å². The Morgan fingerprint density at radius 2 is 0.847 bits per heavy atom. The van der Waals surface area contributed by atoms with Gasteiger partial charge in [-0.1, -0.05) is 288 Å². The molecule has 714 valence electrons. The molecule has 0 aliphatic carbocycles. The van der Waals surface area contributed by atoms with Crippen molar-refractivity contribution in [3.63, 3.8) is 0 Å². The molecule has 14 aromatic heterocycles. The van der Waals surface area contributed by atoms with Crippen LogP contribution in [-0.2, 0) is 79.1 Å². The number of pyridine rings is 3. The molecule has 0 saturated carbocycles. The molecule has 0 unspecified atom stereocenters. The summed E-state index contributed by atoms with van der Waals surface area (Å²) in [4.78, 5) is 58.9. The van der Waals surface area contributed by atoms with Gasteiger partial charge < -0.3 is 13.4 Å². The second kappa shape index (κ2) is 50.4. The molecule has 15 heterocycles. The predicted octanol–water partition coefficient (Wildman–Crippen LogP) is 27.4. The Morgan fingerprint density at radius 3 is 1.15 bits per heavy atom. The second-order valence-electron chi connectivity index (χ2n) is 44.8. The number of hydrogen-bond acceptors (Lipinski definition) is 23. The summed E-state index contributed by atoms with van der Waals surface area (Å²) < 4.78 is 15.9. The van der Waals surface area contributed by atoms with Gasteiger partial charge in [-0.05, 0) is 54.6 Å². The van der Waals surface area contributed by atoms with Crippen LogP contribution in [0, 0.1) is 5.41 Å². The van der Waals surface area contributed by atoms with Crippen LogP contribution in [0.1, 0.15) is 343 Å². The van der Waals surface area contributed by atoms with Crippen molar-refractivity contribution in [3.05, 3.63) is 273 Å². The predicted molar refractivity (Wildman–Crippen MR) is 549 cm³/mol. The van der Waals surface area contributed by atoms with Crippen molar-refractivity contribution in [3.8, 4) is 0 Å². The van der Waals surface area contributed by atoms with Gasteiger partial charge in [0.1, 0.15) is 29.8 Å². The lowest BCUT2D eigenvalue weighted by molar-refractivity contribution is 0.392. The molecule has 0 amide bonds. The summed E-state index contributed by atoms with van der Waals surface area (Å²) in [6.07, 6.45) is 35.4. The number of hydrogen-bond donors (Lipinski definition) is 0. The van der Waals surface area contributed by atoms with Crippen LogP contribution in [0.5, 0.6) is 0 Å². The lowest BCUT2D eigenvalue weighted by Gasteiger charge is -2.17. The number of aliphatic imine (C=N–C) groups is 1. The van der Waals surface area contributed by atoms with Gasteiger partial charge in [0.05, 0.1) is 38.9 Å². The molecule has 0 saturated heterocycles. The molecule has 131 heavy (non-hydrogen) atoms. The molecule has 0 fully saturated rings. The summed E-state index contributed by atoms with van der Waals surface area (Å²) in [7, 11) is 3.90. The van der Waals surface area contributed by atoms with Gasteiger partial charge in [-0.25, -0.2) is 54.4 Å². The van der Waals surface area contributed by atoms with E-state index in [1.807, 2.05) is 147 Å². The molecule has 0 aromatic carbocycles. The monoisotopic (exact) mass is 1840 g/mol. The Kier molecular flexibility index (Phi) is 44.2. The molecule has 0 radical (unpaired) electrons. The maximum Gasteiger partial charge on any atom is 0.199 e. The minimum absolute atomic E-state index is 0.0199. The van der Waals surface area contributed by atoms with Crippen LogP contribution < -0.4 is 0 Å². The molecule has 0 N–H and O–H groups in total. The first-order chi connectivity index (χ1) is 60.1. The third-order valence-electron chi connectivity index (χ3n) is 17.8. The van der Waals surface area contributed by atoms with Crippen molar-refractivity contribution >= 4 is 57.0 Å². The van der Waals surface area contributed by atoms with Crippen molar-refractivity contribution in [2.75, 3.05) is 0 Å². The van der Waals surface area contributed by atoms with E-state index in [-0.39, 0.29) is 70.4 Å². The second-order valence-corrected chi connectivity index (χ2v) is 47.4. The van der Waals surface area contributed by atoms with E-state index in [0.29, 0.717) is 0 Å². The van der Waals surface area contributed by atoms with Gasteiger partial charge in [0.25, 0.3) is 0 Å². The Balaban J connectivity index is 0.000000366. The number of fused-ring (bicyclic) bond motifs is 2. The van der Waals surface area contributed by atoms with E-state index in [9.17, 15) is 0 Å². The number of oxazole rings is 1. The van der Waals surface area contributed by atoms with Gasteiger partial charge in [0.2, 0.25) is 0 Å². The zero-order valence-corrected chi connectivity index (χ0v) is 89.7. The Bertz CT molecular complexity index is 5010. The van der Waals surface area contributed by atoms with Crippen molar-refractivity contribution in [2.45, 2.75) is 341 Å².